The van der Waals surface area contributed by atoms with E-state index in [1.165, 1.54) is 30.0 Å². The van der Waals surface area contributed by atoms with Gasteiger partial charge in [0.15, 0.2) is 4.21 Å². The van der Waals surface area contributed by atoms with Crippen LogP contribution < -0.4 is 11.1 Å². The van der Waals surface area contributed by atoms with Crippen LogP contribution in [-0.4, -0.2) is 75.9 Å². The number of pyridine rings is 1. The van der Waals surface area contributed by atoms with E-state index in [-0.39, 0.29) is 33.9 Å². The van der Waals surface area contributed by atoms with Crippen molar-refractivity contribution in [3.8, 4) is 0 Å². The van der Waals surface area contributed by atoms with E-state index in [1.807, 2.05) is 0 Å². The van der Waals surface area contributed by atoms with Gasteiger partial charge >= 0.3 is 12.1 Å². The van der Waals surface area contributed by atoms with Crippen LogP contribution in [0.2, 0.25) is 0 Å². The maximum absolute atomic E-state index is 14.0. The number of aromatic nitrogens is 2. The van der Waals surface area contributed by atoms with Gasteiger partial charge in [0.1, 0.15) is 17.9 Å². The number of carbonyl (C=O) groups excluding carboxylic acids is 1. The van der Waals surface area contributed by atoms with E-state index in [9.17, 15) is 36.3 Å². The van der Waals surface area contributed by atoms with Crippen molar-refractivity contribution < 1.29 is 36.3 Å². The highest BCUT2D eigenvalue weighted by Gasteiger charge is 2.49. The topological polar surface area (TPSA) is 159 Å². The fourth-order valence-electron chi connectivity index (χ4n) is 4.97. The molecule has 4 heterocycles. The molecule has 3 aromatic rings. The van der Waals surface area contributed by atoms with Gasteiger partial charge in [-0.15, -0.1) is 11.3 Å². The van der Waals surface area contributed by atoms with E-state index in [2.05, 4.69) is 15.3 Å². The third-order valence-corrected chi connectivity index (χ3v) is 10.1. The SMILES string of the molecule is Nc1nccc2cc(C[C@H](C(=O)O)N3CC[C@H](N(C4CCN4)S(=O)(=O)c4cncs4)C3=O)c(C(F)(F)F)cc12. The summed E-state index contributed by atoms with van der Waals surface area (Å²) in [5.74, 6) is -2.40. The van der Waals surface area contributed by atoms with Crippen LogP contribution in [0.15, 0.2) is 40.3 Å². The zero-order chi connectivity index (χ0) is 28.1. The summed E-state index contributed by atoms with van der Waals surface area (Å²) in [5.41, 5.74) is 5.67. The molecule has 2 fully saturated rings. The van der Waals surface area contributed by atoms with Crippen molar-refractivity contribution in [1.82, 2.24) is 24.5 Å². The molecule has 208 valence electrons. The number of thiazole rings is 1. The van der Waals surface area contributed by atoms with E-state index in [0.717, 1.165) is 26.6 Å². The number of amides is 1. The Hall–Kier alpha value is -3.34. The normalized spacial score (nSPS) is 20.9. The summed E-state index contributed by atoms with van der Waals surface area (Å²) in [6.07, 6.45) is -3.25. The summed E-state index contributed by atoms with van der Waals surface area (Å²) in [4.78, 5) is 34.4. The van der Waals surface area contributed by atoms with Gasteiger partial charge in [-0.3, -0.25) is 9.78 Å². The Balaban J connectivity index is 1.49. The predicted molar refractivity (Wildman–Crippen MR) is 134 cm³/mol. The lowest BCUT2D eigenvalue weighted by molar-refractivity contribution is -0.149. The maximum Gasteiger partial charge on any atom is 0.416 e. The summed E-state index contributed by atoms with van der Waals surface area (Å²) >= 11 is 0.882. The van der Waals surface area contributed by atoms with Crippen LogP contribution in [0.1, 0.15) is 24.0 Å². The van der Waals surface area contributed by atoms with Crippen LogP contribution in [0.25, 0.3) is 10.8 Å². The van der Waals surface area contributed by atoms with Gasteiger partial charge in [-0.25, -0.2) is 18.2 Å². The molecule has 3 atom stereocenters. The number of anilines is 1. The summed E-state index contributed by atoms with van der Waals surface area (Å²) in [5, 5.41) is 13.4. The lowest BCUT2D eigenvalue weighted by Gasteiger charge is -2.39. The summed E-state index contributed by atoms with van der Waals surface area (Å²) in [6, 6.07) is 0.592. The van der Waals surface area contributed by atoms with Gasteiger partial charge in [0.05, 0.1) is 23.4 Å². The summed E-state index contributed by atoms with van der Waals surface area (Å²) < 4.78 is 69.8. The molecule has 0 aliphatic carbocycles. The lowest BCUT2D eigenvalue weighted by Crippen LogP contribution is -2.61. The molecular weight excluding hydrogens is 561 g/mol. The van der Waals surface area contributed by atoms with Crippen molar-refractivity contribution in [2.45, 2.75) is 47.9 Å². The first-order chi connectivity index (χ1) is 18.4. The molecule has 0 bridgehead atoms. The lowest BCUT2D eigenvalue weighted by atomic mass is 9.95. The number of rotatable bonds is 8. The molecular formula is C23H23F3N6O5S2. The minimum absolute atomic E-state index is 0.0229. The van der Waals surface area contributed by atoms with Crippen molar-refractivity contribution in [2.24, 2.45) is 0 Å². The van der Waals surface area contributed by atoms with Crippen LogP contribution in [-0.2, 0) is 32.2 Å². The molecule has 0 radical (unpaired) electrons. The first-order valence-corrected chi connectivity index (χ1v) is 14.1. The zero-order valence-corrected chi connectivity index (χ0v) is 21.8. The van der Waals surface area contributed by atoms with Gasteiger partial charge in [-0.2, -0.15) is 17.5 Å². The third kappa shape index (κ3) is 4.92. The van der Waals surface area contributed by atoms with E-state index >= 15 is 0 Å². The van der Waals surface area contributed by atoms with E-state index in [4.69, 9.17) is 5.73 Å². The van der Waals surface area contributed by atoms with E-state index < -0.39 is 58.3 Å². The van der Waals surface area contributed by atoms with Gasteiger partial charge < -0.3 is 21.1 Å². The van der Waals surface area contributed by atoms with Crippen LogP contribution in [0.5, 0.6) is 0 Å². The number of nitrogens with zero attached hydrogens (tertiary/aromatic N) is 4. The first kappa shape index (κ1) is 27.2. The fourth-order valence-corrected chi connectivity index (χ4v) is 7.64. The smallest absolute Gasteiger partial charge is 0.416 e. The number of nitrogen functional groups attached to an aromatic ring is 1. The quantitative estimate of drug-likeness (QED) is 0.360. The number of fused-ring (bicyclic) bond motifs is 1. The molecule has 0 saturated carbocycles. The number of carbonyl (C=O) groups is 2. The number of carboxylic acid groups (broad SMARTS) is 1. The zero-order valence-electron chi connectivity index (χ0n) is 20.1. The van der Waals surface area contributed by atoms with Crippen molar-refractivity contribution in [3.05, 3.63) is 47.2 Å². The largest absolute Gasteiger partial charge is 0.480 e. The average molecular weight is 585 g/mol. The van der Waals surface area contributed by atoms with Crippen molar-refractivity contribution in [3.63, 3.8) is 0 Å². The predicted octanol–water partition coefficient (Wildman–Crippen LogP) is 1.90. The number of benzene rings is 1. The average Bonchev–Trinajstić information content (AvgIpc) is 3.49. The molecule has 5 rings (SSSR count). The van der Waals surface area contributed by atoms with Gasteiger partial charge in [-0.1, -0.05) is 6.07 Å². The van der Waals surface area contributed by atoms with Crippen molar-refractivity contribution in [1.29, 1.82) is 0 Å². The number of sulfonamides is 1. The van der Waals surface area contributed by atoms with E-state index in [0.29, 0.717) is 18.4 Å². The van der Waals surface area contributed by atoms with Crippen molar-refractivity contribution >= 4 is 49.8 Å². The van der Waals surface area contributed by atoms with Gasteiger partial charge in [0.2, 0.25) is 5.91 Å². The monoisotopic (exact) mass is 584 g/mol. The van der Waals surface area contributed by atoms with Crippen LogP contribution in [0.4, 0.5) is 19.0 Å². The number of hydrogen-bond donors (Lipinski definition) is 3. The molecule has 1 amide bonds. The summed E-state index contributed by atoms with van der Waals surface area (Å²) in [6.45, 7) is 0.387. The molecule has 2 aliphatic heterocycles. The Labute approximate surface area is 224 Å². The second kappa shape index (κ2) is 10.0. The Morgan fingerprint density at radius 1 is 1.33 bits per heavy atom. The number of halogens is 3. The minimum Gasteiger partial charge on any atom is -0.480 e. The van der Waals surface area contributed by atoms with Crippen LogP contribution >= 0.6 is 11.3 Å². The molecule has 1 aromatic carbocycles. The maximum atomic E-state index is 14.0. The number of alkyl halides is 3. The van der Waals surface area contributed by atoms with Crippen LogP contribution in [0.3, 0.4) is 0 Å². The highest BCUT2D eigenvalue weighted by molar-refractivity contribution is 7.91. The number of hydrogen-bond acceptors (Lipinski definition) is 9. The standard InChI is InChI=1S/C23H23F3N6O5S2/c24-23(25,26)15-9-14-12(1-4-30-20(14)27)7-13(15)8-17(22(34)35)31-6-3-16(21(31)33)32(18-2-5-29-18)39(36,37)19-10-28-11-38-19/h1,4,7,9-11,16-18,29H,2-3,5-6,8H2,(H2,27,30)(H,34,35)/t16-,17+,18?/m0/s1. The minimum atomic E-state index is -4.83. The van der Waals surface area contributed by atoms with Gasteiger partial charge in [0.25, 0.3) is 10.0 Å². The molecule has 2 aliphatic rings. The molecule has 16 heteroatoms. The Morgan fingerprint density at radius 2 is 2.08 bits per heavy atom. The molecule has 2 aromatic heterocycles. The molecule has 4 N–H and O–H groups in total. The van der Waals surface area contributed by atoms with E-state index in [1.54, 1.807) is 0 Å². The second-order valence-electron chi connectivity index (χ2n) is 9.23. The van der Waals surface area contributed by atoms with Crippen molar-refractivity contribution in [2.75, 3.05) is 18.8 Å². The number of carboxylic acids is 1. The number of nitrogens with one attached hydrogen (secondary N) is 1. The molecule has 11 nitrogen and oxygen atoms in total. The Bertz CT molecular complexity index is 1530. The first-order valence-electron chi connectivity index (χ1n) is 11.8. The fraction of sp³-hybridized carbons (Fsp3) is 0.391. The molecule has 1 unspecified atom stereocenters. The van der Waals surface area contributed by atoms with Gasteiger partial charge in [-0.05, 0) is 42.5 Å². The highest BCUT2D eigenvalue weighted by Crippen LogP contribution is 2.37. The number of aliphatic carboxylic acids is 1. The number of likely N-dealkylation sites (tertiary alicyclic amines) is 1. The number of nitrogens with two attached hydrogens (primary N) is 1. The summed E-state index contributed by atoms with van der Waals surface area (Å²) in [7, 11) is -4.15. The molecule has 2 saturated heterocycles. The highest BCUT2D eigenvalue weighted by atomic mass is 32.2. The second-order valence-corrected chi connectivity index (χ2v) is 12.2. The molecule has 0 spiro atoms. The van der Waals surface area contributed by atoms with Crippen LogP contribution in [0, 0.1) is 0 Å². The Morgan fingerprint density at radius 3 is 2.67 bits per heavy atom. The van der Waals surface area contributed by atoms with Gasteiger partial charge in [0, 0.05) is 24.5 Å². The Kier molecular flexibility index (Phi) is 6.98. The third-order valence-electron chi connectivity index (χ3n) is 6.96. The molecule has 39 heavy (non-hydrogen) atoms.